The third-order valence-electron chi connectivity index (χ3n) is 7.11. The van der Waals surface area contributed by atoms with Crippen molar-refractivity contribution in [3.8, 4) is 11.1 Å². The molecule has 180 valence electrons. The van der Waals surface area contributed by atoms with Crippen molar-refractivity contribution in [3.05, 3.63) is 59.7 Å². The summed E-state index contributed by atoms with van der Waals surface area (Å²) in [7, 11) is 0. The summed E-state index contributed by atoms with van der Waals surface area (Å²) in [5, 5.41) is 15.0. The molecule has 2 aliphatic rings. The Balaban J connectivity index is 1.26. The second-order valence-electron chi connectivity index (χ2n) is 9.23. The summed E-state index contributed by atoms with van der Waals surface area (Å²) in [6.45, 7) is 2.54. The van der Waals surface area contributed by atoms with Crippen LogP contribution in [0, 0.1) is 11.8 Å². The van der Waals surface area contributed by atoms with E-state index in [9.17, 15) is 19.5 Å². The number of aliphatic carboxylic acids is 1. The van der Waals surface area contributed by atoms with Gasteiger partial charge in [0.1, 0.15) is 6.61 Å². The van der Waals surface area contributed by atoms with E-state index in [1.807, 2.05) is 31.2 Å². The van der Waals surface area contributed by atoms with Crippen LogP contribution in [0.5, 0.6) is 0 Å². The summed E-state index contributed by atoms with van der Waals surface area (Å²) >= 11 is 0. The standard InChI is InChI=1S/C27H32N2O5/c1-2-17(14-25(30)29-24-13-7-12-22(24)26(31)32)15-28-27(33)34-16-23-20-10-5-3-8-18(20)19-9-4-6-11-21(19)23/h3-6,8-11,17,22-24H,2,7,12-16H2,1H3,(H,28,33)(H,29,30)(H,31,32). The second-order valence-corrected chi connectivity index (χ2v) is 9.23. The number of carboxylic acids is 1. The van der Waals surface area contributed by atoms with Gasteiger partial charge in [-0.3, -0.25) is 9.59 Å². The van der Waals surface area contributed by atoms with Crippen molar-refractivity contribution >= 4 is 18.0 Å². The molecule has 3 unspecified atom stereocenters. The summed E-state index contributed by atoms with van der Waals surface area (Å²) in [6.07, 6.45) is 2.55. The molecule has 7 nitrogen and oxygen atoms in total. The Labute approximate surface area is 199 Å². The third kappa shape index (κ3) is 5.24. The van der Waals surface area contributed by atoms with E-state index >= 15 is 0 Å². The molecule has 0 aliphatic heterocycles. The van der Waals surface area contributed by atoms with Crippen LogP contribution in [0.3, 0.4) is 0 Å². The molecule has 1 fully saturated rings. The van der Waals surface area contributed by atoms with Crippen LogP contribution in [0.4, 0.5) is 4.79 Å². The number of carbonyl (C=O) groups is 3. The molecule has 34 heavy (non-hydrogen) atoms. The monoisotopic (exact) mass is 464 g/mol. The van der Waals surface area contributed by atoms with Gasteiger partial charge in [-0.15, -0.1) is 0 Å². The molecule has 0 saturated heterocycles. The first-order valence-electron chi connectivity index (χ1n) is 12.1. The SMILES string of the molecule is CCC(CNC(=O)OCC1c2ccccc2-c2ccccc21)CC(=O)NC1CCCC1C(=O)O. The fraction of sp³-hybridized carbons (Fsp3) is 0.444. The van der Waals surface area contributed by atoms with Crippen LogP contribution >= 0.6 is 0 Å². The van der Waals surface area contributed by atoms with E-state index in [1.165, 1.54) is 11.1 Å². The molecule has 2 aliphatic carbocycles. The first-order chi connectivity index (χ1) is 16.5. The number of rotatable bonds is 9. The van der Waals surface area contributed by atoms with Gasteiger partial charge >= 0.3 is 12.1 Å². The third-order valence-corrected chi connectivity index (χ3v) is 7.11. The number of fused-ring (bicyclic) bond motifs is 3. The van der Waals surface area contributed by atoms with Gasteiger partial charge in [0, 0.05) is 24.9 Å². The van der Waals surface area contributed by atoms with E-state index in [2.05, 4.69) is 34.9 Å². The molecule has 1 saturated carbocycles. The summed E-state index contributed by atoms with van der Waals surface area (Å²) in [6, 6.07) is 16.1. The summed E-state index contributed by atoms with van der Waals surface area (Å²) in [5.41, 5.74) is 4.67. The Morgan fingerprint density at radius 3 is 2.29 bits per heavy atom. The van der Waals surface area contributed by atoms with E-state index in [-0.39, 0.29) is 36.8 Å². The Bertz CT molecular complexity index is 1010. The minimum atomic E-state index is -0.855. The molecule has 3 N–H and O–H groups in total. The number of carbonyl (C=O) groups excluding carboxylic acids is 2. The van der Waals surface area contributed by atoms with Gasteiger partial charge in [0.25, 0.3) is 0 Å². The average Bonchev–Trinajstić information content (AvgIpc) is 3.43. The number of benzene rings is 2. The highest BCUT2D eigenvalue weighted by atomic mass is 16.5. The fourth-order valence-electron chi connectivity index (χ4n) is 5.19. The number of ether oxygens (including phenoxy) is 1. The van der Waals surface area contributed by atoms with Gasteiger partial charge in [0.2, 0.25) is 5.91 Å². The predicted octanol–water partition coefficient (Wildman–Crippen LogP) is 4.31. The number of carboxylic acid groups (broad SMARTS) is 1. The van der Waals surface area contributed by atoms with Crippen molar-refractivity contribution < 1.29 is 24.2 Å². The van der Waals surface area contributed by atoms with E-state index < -0.39 is 18.0 Å². The van der Waals surface area contributed by atoms with Crippen molar-refractivity contribution in [1.29, 1.82) is 0 Å². The van der Waals surface area contributed by atoms with Gasteiger partial charge in [-0.2, -0.15) is 0 Å². The second kappa shape index (κ2) is 10.7. The molecule has 3 atom stereocenters. The lowest BCUT2D eigenvalue weighted by atomic mass is 9.98. The molecule has 4 rings (SSSR count). The summed E-state index contributed by atoms with van der Waals surface area (Å²) in [5.74, 6) is -1.58. The quantitative estimate of drug-likeness (QED) is 0.513. The van der Waals surface area contributed by atoms with Crippen molar-refractivity contribution in [2.45, 2.75) is 51.0 Å². The maximum atomic E-state index is 12.5. The van der Waals surface area contributed by atoms with E-state index in [4.69, 9.17) is 4.74 Å². The van der Waals surface area contributed by atoms with Gasteiger partial charge in [-0.05, 0) is 41.0 Å². The molecular weight excluding hydrogens is 432 g/mol. The molecular formula is C27H32N2O5. The zero-order chi connectivity index (χ0) is 24.1. The normalized spacial score (nSPS) is 19.7. The van der Waals surface area contributed by atoms with Crippen molar-refractivity contribution in [3.63, 3.8) is 0 Å². The van der Waals surface area contributed by atoms with Gasteiger partial charge in [-0.25, -0.2) is 4.79 Å². The lowest BCUT2D eigenvalue weighted by Gasteiger charge is -2.20. The summed E-state index contributed by atoms with van der Waals surface area (Å²) in [4.78, 5) is 36.2. The van der Waals surface area contributed by atoms with Crippen LogP contribution in [0.1, 0.15) is 56.1 Å². The van der Waals surface area contributed by atoms with Gasteiger partial charge in [0.15, 0.2) is 0 Å². The number of nitrogens with one attached hydrogen (secondary N) is 2. The van der Waals surface area contributed by atoms with Crippen LogP contribution in [-0.4, -0.2) is 42.3 Å². The summed E-state index contributed by atoms with van der Waals surface area (Å²) < 4.78 is 5.57. The molecule has 2 aromatic rings. The average molecular weight is 465 g/mol. The molecule has 0 heterocycles. The van der Waals surface area contributed by atoms with Crippen molar-refractivity contribution in [1.82, 2.24) is 10.6 Å². The molecule has 0 aromatic heterocycles. The number of alkyl carbamates (subject to hydrolysis) is 1. The smallest absolute Gasteiger partial charge is 0.407 e. The predicted molar refractivity (Wildman–Crippen MR) is 128 cm³/mol. The van der Waals surface area contributed by atoms with Crippen LogP contribution in [0.25, 0.3) is 11.1 Å². The lowest BCUT2D eigenvalue weighted by Crippen LogP contribution is -2.41. The highest BCUT2D eigenvalue weighted by Gasteiger charge is 2.34. The molecule has 0 radical (unpaired) electrons. The maximum Gasteiger partial charge on any atom is 0.407 e. The number of hydrogen-bond donors (Lipinski definition) is 3. The highest BCUT2D eigenvalue weighted by Crippen LogP contribution is 2.44. The first kappa shape index (κ1) is 23.8. The van der Waals surface area contributed by atoms with Crippen LogP contribution in [0.15, 0.2) is 48.5 Å². The number of hydrogen-bond acceptors (Lipinski definition) is 4. The minimum absolute atomic E-state index is 0.000470. The highest BCUT2D eigenvalue weighted by molar-refractivity contribution is 5.80. The Morgan fingerprint density at radius 2 is 1.68 bits per heavy atom. The maximum absolute atomic E-state index is 12.5. The molecule has 7 heteroatoms. The zero-order valence-electron chi connectivity index (χ0n) is 19.5. The van der Waals surface area contributed by atoms with E-state index in [1.54, 1.807) is 0 Å². The first-order valence-corrected chi connectivity index (χ1v) is 12.1. The van der Waals surface area contributed by atoms with Gasteiger partial charge < -0.3 is 20.5 Å². The zero-order valence-corrected chi connectivity index (χ0v) is 19.5. The Kier molecular flexibility index (Phi) is 7.50. The van der Waals surface area contributed by atoms with E-state index in [0.29, 0.717) is 25.8 Å². The van der Waals surface area contributed by atoms with Crippen LogP contribution < -0.4 is 10.6 Å². The molecule has 0 spiro atoms. The minimum Gasteiger partial charge on any atom is -0.481 e. The lowest BCUT2D eigenvalue weighted by molar-refractivity contribution is -0.142. The van der Waals surface area contributed by atoms with Crippen LogP contribution in [0.2, 0.25) is 0 Å². The fourth-order valence-corrected chi connectivity index (χ4v) is 5.19. The van der Waals surface area contributed by atoms with Gasteiger partial charge in [0.05, 0.1) is 5.92 Å². The van der Waals surface area contributed by atoms with Gasteiger partial charge in [-0.1, -0.05) is 68.3 Å². The largest absolute Gasteiger partial charge is 0.481 e. The topological polar surface area (TPSA) is 105 Å². The molecule has 2 aromatic carbocycles. The Hall–Kier alpha value is -3.35. The Morgan fingerprint density at radius 1 is 1.03 bits per heavy atom. The van der Waals surface area contributed by atoms with Crippen molar-refractivity contribution in [2.24, 2.45) is 11.8 Å². The molecule has 2 amide bonds. The van der Waals surface area contributed by atoms with Crippen LogP contribution in [-0.2, 0) is 14.3 Å². The molecule has 0 bridgehead atoms. The van der Waals surface area contributed by atoms with E-state index in [0.717, 1.165) is 17.5 Å². The number of amides is 2. The van der Waals surface area contributed by atoms with Crippen molar-refractivity contribution in [2.75, 3.05) is 13.2 Å².